The molecule has 0 unspecified atom stereocenters. The fraction of sp³-hybridized carbons (Fsp3) is 0. The van der Waals surface area contributed by atoms with Crippen LogP contribution in [0.2, 0.25) is 0 Å². The number of aromatic nitrogens is 2. The molecule has 2 aromatic heterocycles. The van der Waals surface area contributed by atoms with Crippen molar-refractivity contribution in [2.24, 2.45) is 11.5 Å². The van der Waals surface area contributed by atoms with Crippen molar-refractivity contribution in [2.45, 2.75) is 0 Å². The van der Waals surface area contributed by atoms with Crippen LogP contribution in [0.3, 0.4) is 0 Å². The Kier molecular flexibility index (Phi) is 3.63. The first kappa shape index (κ1) is 13.5. The summed E-state index contributed by atoms with van der Waals surface area (Å²) in [6.07, 6.45) is 4.69. The molecule has 20 heavy (non-hydrogen) atoms. The number of aromatic amines is 1. The molecule has 2 aromatic rings. The lowest BCUT2D eigenvalue weighted by molar-refractivity contribution is 0.259. The zero-order valence-electron chi connectivity index (χ0n) is 10.2. The second kappa shape index (κ2) is 5.38. The summed E-state index contributed by atoms with van der Waals surface area (Å²) >= 11 is 4.79. The molecule has 0 aliphatic rings. The van der Waals surface area contributed by atoms with Gasteiger partial charge < -0.3 is 21.8 Å². The largest absolute Gasteiger partial charge is 0.389 e. The van der Waals surface area contributed by atoms with Crippen molar-refractivity contribution < 1.29 is 4.79 Å². The van der Waals surface area contributed by atoms with Gasteiger partial charge in [-0.25, -0.2) is 9.78 Å². The molecule has 7 nitrogen and oxygen atoms in total. The summed E-state index contributed by atoms with van der Waals surface area (Å²) in [4.78, 5) is 18.1. The van der Waals surface area contributed by atoms with E-state index in [1.54, 1.807) is 12.3 Å². The quantitative estimate of drug-likeness (QED) is 0.382. The number of carbonyl (C=O) groups excluding carboxylic acids is 1. The molecule has 0 spiro atoms. The number of pyridine rings is 1. The number of thiocarbonyl (C=S) groups is 1. The Morgan fingerprint density at radius 2 is 2.30 bits per heavy atom. The van der Waals surface area contributed by atoms with Crippen molar-refractivity contribution in [1.29, 1.82) is 5.26 Å². The first-order valence-electron chi connectivity index (χ1n) is 5.47. The van der Waals surface area contributed by atoms with Gasteiger partial charge in [0.15, 0.2) is 0 Å². The molecule has 2 amide bonds. The van der Waals surface area contributed by atoms with E-state index in [0.29, 0.717) is 22.3 Å². The lowest BCUT2D eigenvalue weighted by Crippen LogP contribution is -2.19. The Hall–Kier alpha value is -2.92. The molecule has 0 radical (unpaired) electrons. The van der Waals surface area contributed by atoms with Crippen molar-refractivity contribution >= 4 is 46.0 Å². The average molecular weight is 286 g/mol. The minimum atomic E-state index is -0.691. The molecule has 0 saturated heterocycles. The van der Waals surface area contributed by atoms with Crippen LogP contribution in [-0.2, 0) is 0 Å². The van der Waals surface area contributed by atoms with Gasteiger partial charge in [-0.15, -0.1) is 0 Å². The number of anilines is 1. The lowest BCUT2D eigenvalue weighted by Gasteiger charge is -2.04. The Labute approximate surface area is 119 Å². The number of fused-ring (bicyclic) bond motifs is 1. The maximum Gasteiger partial charge on any atom is 0.316 e. The summed E-state index contributed by atoms with van der Waals surface area (Å²) in [6, 6.07) is 2.82. The topological polar surface area (TPSA) is 134 Å². The molecule has 8 heteroatoms. The Morgan fingerprint density at radius 1 is 1.55 bits per heavy atom. The molecular formula is C12H10N6OS. The number of hydrogen-bond acceptors (Lipinski definition) is 4. The van der Waals surface area contributed by atoms with Gasteiger partial charge in [-0.1, -0.05) is 12.2 Å². The highest BCUT2D eigenvalue weighted by atomic mass is 32.1. The first-order chi connectivity index (χ1) is 9.52. The van der Waals surface area contributed by atoms with Crippen LogP contribution in [0.1, 0.15) is 5.56 Å². The third-order valence-corrected chi connectivity index (χ3v) is 2.77. The second-order valence-electron chi connectivity index (χ2n) is 3.85. The summed E-state index contributed by atoms with van der Waals surface area (Å²) in [5.41, 5.74) is 12.4. The second-order valence-corrected chi connectivity index (χ2v) is 4.29. The molecule has 0 aliphatic carbocycles. The number of hydrogen-bond donors (Lipinski definition) is 4. The fourth-order valence-electron chi connectivity index (χ4n) is 1.75. The summed E-state index contributed by atoms with van der Waals surface area (Å²) in [5.74, 6) is 0. The molecule has 6 N–H and O–H groups in total. The summed E-state index contributed by atoms with van der Waals surface area (Å²) in [7, 11) is 0. The van der Waals surface area contributed by atoms with Crippen LogP contribution in [0.5, 0.6) is 0 Å². The third-order valence-electron chi connectivity index (χ3n) is 2.55. The van der Waals surface area contributed by atoms with Crippen molar-refractivity contribution in [3.8, 4) is 6.07 Å². The molecule has 0 aromatic carbocycles. The number of nitrogens with one attached hydrogen (secondary N) is 2. The van der Waals surface area contributed by atoms with E-state index in [1.165, 1.54) is 12.3 Å². The maximum atomic E-state index is 11.0. The lowest BCUT2D eigenvalue weighted by atomic mass is 10.1. The van der Waals surface area contributed by atoms with Gasteiger partial charge in [-0.05, 0) is 12.1 Å². The van der Waals surface area contributed by atoms with Gasteiger partial charge in [0, 0.05) is 23.3 Å². The number of urea groups is 1. The van der Waals surface area contributed by atoms with E-state index in [-0.39, 0.29) is 10.6 Å². The van der Waals surface area contributed by atoms with Gasteiger partial charge in [-0.3, -0.25) is 0 Å². The Morgan fingerprint density at radius 3 is 2.90 bits per heavy atom. The highest BCUT2D eigenvalue weighted by Gasteiger charge is 2.11. The third kappa shape index (κ3) is 2.57. The van der Waals surface area contributed by atoms with E-state index >= 15 is 0 Å². The number of nitrogens with zero attached hydrogens (tertiary/aromatic N) is 2. The summed E-state index contributed by atoms with van der Waals surface area (Å²) < 4.78 is 0. The Bertz CT molecular complexity index is 770. The Balaban J connectivity index is 2.64. The van der Waals surface area contributed by atoms with Crippen LogP contribution in [-0.4, -0.2) is 21.0 Å². The zero-order chi connectivity index (χ0) is 14.7. The smallest absolute Gasteiger partial charge is 0.316 e. The highest BCUT2D eigenvalue weighted by molar-refractivity contribution is 7.80. The van der Waals surface area contributed by atoms with E-state index in [0.717, 1.165) is 0 Å². The van der Waals surface area contributed by atoms with E-state index in [2.05, 4.69) is 15.3 Å². The van der Waals surface area contributed by atoms with Crippen LogP contribution in [0.4, 0.5) is 10.5 Å². The van der Waals surface area contributed by atoms with E-state index in [4.69, 9.17) is 28.9 Å². The summed E-state index contributed by atoms with van der Waals surface area (Å²) in [6.45, 7) is 0. The van der Waals surface area contributed by atoms with Crippen LogP contribution < -0.4 is 16.8 Å². The molecule has 0 bridgehead atoms. The molecular weight excluding hydrogens is 276 g/mol. The first-order valence-corrected chi connectivity index (χ1v) is 5.88. The molecule has 2 rings (SSSR count). The number of nitrogens with two attached hydrogens (primary N) is 2. The minimum Gasteiger partial charge on any atom is -0.389 e. The average Bonchev–Trinajstić information content (AvgIpc) is 2.79. The van der Waals surface area contributed by atoms with Crippen LogP contribution in [0.25, 0.3) is 17.1 Å². The molecule has 0 saturated carbocycles. The number of H-pyrrole nitrogens is 1. The maximum absolute atomic E-state index is 11.0. The number of nitriles is 1. The molecule has 0 aliphatic heterocycles. The van der Waals surface area contributed by atoms with Gasteiger partial charge in [-0.2, -0.15) is 5.26 Å². The standard InChI is InChI=1S/C12H10N6OS/c13-4-6(10(14)20)3-7-5-17-11-9(7)8(1-2-16-11)18-12(15)19/h1-3,5H,(H2,14,20)(H4,15,16,17,18,19)/b6-3-. The zero-order valence-corrected chi connectivity index (χ0v) is 11.0. The minimum absolute atomic E-state index is 0.00449. The van der Waals surface area contributed by atoms with Gasteiger partial charge in [0.1, 0.15) is 16.7 Å². The predicted octanol–water partition coefficient (Wildman–Crippen LogP) is 1.25. The SMILES string of the molecule is N#C/C(=C/c1c[nH]c2nccc(NC(N)=O)c12)C(N)=S. The van der Waals surface area contributed by atoms with E-state index in [9.17, 15) is 4.79 Å². The van der Waals surface area contributed by atoms with E-state index < -0.39 is 6.03 Å². The molecule has 0 atom stereocenters. The predicted molar refractivity (Wildman–Crippen MR) is 79.7 cm³/mol. The van der Waals surface area contributed by atoms with Crippen molar-refractivity contribution in [2.75, 3.05) is 5.32 Å². The van der Waals surface area contributed by atoms with Gasteiger partial charge in [0.25, 0.3) is 0 Å². The van der Waals surface area contributed by atoms with Crippen molar-refractivity contribution in [3.05, 3.63) is 29.6 Å². The number of primary amides is 1. The molecule has 100 valence electrons. The fourth-order valence-corrected chi connectivity index (χ4v) is 1.85. The van der Waals surface area contributed by atoms with Crippen molar-refractivity contribution in [1.82, 2.24) is 9.97 Å². The van der Waals surface area contributed by atoms with Gasteiger partial charge in [0.2, 0.25) is 0 Å². The highest BCUT2D eigenvalue weighted by Crippen LogP contribution is 2.26. The monoisotopic (exact) mass is 286 g/mol. The van der Waals surface area contributed by atoms with Crippen LogP contribution in [0, 0.1) is 11.3 Å². The molecule has 0 fully saturated rings. The summed E-state index contributed by atoms with van der Waals surface area (Å²) in [5, 5.41) is 12.1. The van der Waals surface area contributed by atoms with Crippen LogP contribution >= 0.6 is 12.2 Å². The number of amides is 2. The van der Waals surface area contributed by atoms with Gasteiger partial charge >= 0.3 is 6.03 Å². The van der Waals surface area contributed by atoms with Crippen LogP contribution in [0.15, 0.2) is 24.0 Å². The van der Waals surface area contributed by atoms with Gasteiger partial charge in [0.05, 0.1) is 11.3 Å². The number of rotatable bonds is 3. The molecule has 2 heterocycles. The normalized spacial score (nSPS) is 11.1. The van der Waals surface area contributed by atoms with E-state index in [1.807, 2.05) is 6.07 Å². The van der Waals surface area contributed by atoms with Crippen molar-refractivity contribution in [3.63, 3.8) is 0 Å². The number of carbonyl (C=O) groups is 1.